The first-order valence-corrected chi connectivity index (χ1v) is 11.7. The van der Waals surface area contributed by atoms with E-state index in [9.17, 15) is 4.79 Å². The fraction of sp³-hybridized carbons (Fsp3) is 0.160. The predicted octanol–water partition coefficient (Wildman–Crippen LogP) is 5.62. The lowest BCUT2D eigenvalue weighted by atomic mass is 10.1. The van der Waals surface area contributed by atoms with Crippen molar-refractivity contribution in [1.29, 1.82) is 0 Å². The van der Waals surface area contributed by atoms with Crippen LogP contribution in [0.25, 0.3) is 11.1 Å². The largest absolute Gasteiger partial charge is 0.493 e. The molecular formula is C25H22ClN3O4S. The average Bonchev–Trinajstić information content (AvgIpc) is 3.26. The third-order valence-electron chi connectivity index (χ3n) is 4.89. The zero-order valence-electron chi connectivity index (χ0n) is 18.6. The third kappa shape index (κ3) is 5.89. The van der Waals surface area contributed by atoms with E-state index in [1.54, 1.807) is 12.1 Å². The Kier molecular flexibility index (Phi) is 7.72. The third-order valence-corrected chi connectivity index (χ3v) is 6.00. The zero-order valence-corrected chi connectivity index (χ0v) is 20.2. The van der Waals surface area contributed by atoms with Crippen LogP contribution in [0.5, 0.6) is 11.5 Å². The number of nitrogens with zero attached hydrogens (tertiary/aromatic N) is 2. The Balaban J connectivity index is 1.34. The van der Waals surface area contributed by atoms with E-state index in [-0.39, 0.29) is 11.7 Å². The predicted molar refractivity (Wildman–Crippen MR) is 134 cm³/mol. The number of carbonyl (C=O) groups is 1. The number of rotatable bonds is 9. The number of methoxy groups -OCH3 is 1. The first-order valence-electron chi connectivity index (χ1n) is 10.4. The SMILES string of the molecule is COc1cc(/C=N\NC(=O)CSc2nc3ccccc3o2)cc(Cl)c1OCc1ccccc1C. The summed E-state index contributed by atoms with van der Waals surface area (Å²) in [5.41, 5.74) is 6.76. The fourth-order valence-corrected chi connectivity index (χ4v) is 4.03. The summed E-state index contributed by atoms with van der Waals surface area (Å²) in [5.74, 6) is 0.739. The Labute approximate surface area is 206 Å². The highest BCUT2D eigenvalue weighted by molar-refractivity contribution is 7.99. The second kappa shape index (κ2) is 11.1. The van der Waals surface area contributed by atoms with E-state index >= 15 is 0 Å². The van der Waals surface area contributed by atoms with Crippen molar-refractivity contribution in [3.8, 4) is 11.5 Å². The number of thioether (sulfide) groups is 1. The van der Waals surface area contributed by atoms with Crippen LogP contribution in [0.3, 0.4) is 0 Å². The maximum atomic E-state index is 12.1. The number of carbonyl (C=O) groups excluding carboxylic acids is 1. The highest BCUT2D eigenvalue weighted by Crippen LogP contribution is 2.36. The van der Waals surface area contributed by atoms with Crippen molar-refractivity contribution in [3.05, 3.63) is 82.4 Å². The molecule has 1 heterocycles. The van der Waals surface area contributed by atoms with Crippen LogP contribution >= 0.6 is 23.4 Å². The van der Waals surface area contributed by atoms with Gasteiger partial charge in [0.1, 0.15) is 12.1 Å². The van der Waals surface area contributed by atoms with Crippen molar-refractivity contribution < 1.29 is 18.7 Å². The molecule has 4 aromatic rings. The molecular weight excluding hydrogens is 474 g/mol. The van der Waals surface area contributed by atoms with Gasteiger partial charge >= 0.3 is 0 Å². The van der Waals surface area contributed by atoms with Gasteiger partial charge in [0.2, 0.25) is 0 Å². The molecule has 34 heavy (non-hydrogen) atoms. The summed E-state index contributed by atoms with van der Waals surface area (Å²) in [6.07, 6.45) is 1.49. The van der Waals surface area contributed by atoms with Crippen molar-refractivity contribution in [2.75, 3.05) is 12.9 Å². The Morgan fingerprint density at radius 3 is 2.79 bits per heavy atom. The number of ether oxygens (including phenoxy) is 2. The summed E-state index contributed by atoms with van der Waals surface area (Å²) in [6.45, 7) is 2.39. The molecule has 0 saturated carbocycles. The first kappa shape index (κ1) is 23.7. The number of oxazole rings is 1. The summed E-state index contributed by atoms with van der Waals surface area (Å²) in [6, 6.07) is 18.8. The maximum Gasteiger partial charge on any atom is 0.257 e. The van der Waals surface area contributed by atoms with Crippen molar-refractivity contribution in [1.82, 2.24) is 10.4 Å². The molecule has 7 nitrogen and oxygen atoms in total. The molecule has 174 valence electrons. The number of amides is 1. The highest BCUT2D eigenvalue weighted by Gasteiger charge is 2.13. The summed E-state index contributed by atoms with van der Waals surface area (Å²) in [7, 11) is 1.54. The molecule has 9 heteroatoms. The van der Waals surface area contributed by atoms with Crippen LogP contribution in [0.2, 0.25) is 5.02 Å². The summed E-state index contributed by atoms with van der Waals surface area (Å²) >= 11 is 7.63. The monoisotopic (exact) mass is 495 g/mol. The number of aryl methyl sites for hydroxylation is 1. The molecule has 0 aliphatic heterocycles. The van der Waals surface area contributed by atoms with Crippen molar-refractivity contribution >= 4 is 46.6 Å². The maximum absolute atomic E-state index is 12.1. The number of hydrazone groups is 1. The lowest BCUT2D eigenvalue weighted by Crippen LogP contribution is -2.19. The molecule has 1 amide bonds. The Hall–Kier alpha value is -3.49. The quantitative estimate of drug-likeness (QED) is 0.184. The van der Waals surface area contributed by atoms with E-state index in [4.69, 9.17) is 25.5 Å². The minimum Gasteiger partial charge on any atom is -0.493 e. The van der Waals surface area contributed by atoms with Gasteiger partial charge in [-0.25, -0.2) is 10.4 Å². The molecule has 0 fully saturated rings. The standard InChI is InChI=1S/C25H22ClN3O4S/c1-16-7-3-4-8-18(16)14-32-24-19(26)11-17(12-22(24)31-2)13-27-29-23(30)15-34-25-28-20-9-5-6-10-21(20)33-25/h3-13H,14-15H2,1-2H3,(H,29,30)/b27-13-. The number of fused-ring (bicyclic) bond motifs is 1. The fourth-order valence-electron chi connectivity index (χ4n) is 3.13. The molecule has 1 aromatic heterocycles. The number of nitrogens with one attached hydrogen (secondary N) is 1. The van der Waals surface area contributed by atoms with Gasteiger partial charge in [-0.1, -0.05) is 59.8 Å². The minimum atomic E-state index is -0.292. The number of hydrogen-bond acceptors (Lipinski definition) is 7. The molecule has 0 bridgehead atoms. The van der Waals surface area contributed by atoms with Gasteiger partial charge in [-0.3, -0.25) is 4.79 Å². The van der Waals surface area contributed by atoms with Crippen LogP contribution in [-0.2, 0) is 11.4 Å². The summed E-state index contributed by atoms with van der Waals surface area (Å²) in [5, 5.41) is 4.81. The minimum absolute atomic E-state index is 0.111. The number of benzene rings is 3. The first-order chi connectivity index (χ1) is 16.5. The van der Waals surface area contributed by atoms with E-state index in [0.717, 1.165) is 16.6 Å². The van der Waals surface area contributed by atoms with Gasteiger partial charge in [0.05, 0.1) is 24.1 Å². The van der Waals surface area contributed by atoms with Crippen LogP contribution in [0, 0.1) is 6.92 Å². The highest BCUT2D eigenvalue weighted by atomic mass is 35.5. The summed E-state index contributed by atoms with van der Waals surface area (Å²) in [4.78, 5) is 16.5. The van der Waals surface area contributed by atoms with E-state index in [1.807, 2.05) is 55.5 Å². The van der Waals surface area contributed by atoms with Gasteiger partial charge in [-0.15, -0.1) is 0 Å². The van der Waals surface area contributed by atoms with Crippen LogP contribution in [0.1, 0.15) is 16.7 Å². The molecule has 0 spiro atoms. The lowest BCUT2D eigenvalue weighted by molar-refractivity contribution is -0.118. The molecule has 0 saturated heterocycles. The molecule has 0 aliphatic carbocycles. The normalized spacial score (nSPS) is 11.1. The molecule has 4 rings (SSSR count). The zero-order chi connectivity index (χ0) is 23.9. The van der Waals surface area contributed by atoms with Gasteiger partial charge in [-0.05, 0) is 47.9 Å². The molecule has 0 atom stereocenters. The van der Waals surface area contributed by atoms with Gasteiger partial charge in [0.15, 0.2) is 17.1 Å². The van der Waals surface area contributed by atoms with Crippen molar-refractivity contribution in [3.63, 3.8) is 0 Å². The van der Waals surface area contributed by atoms with Crippen LogP contribution in [-0.4, -0.2) is 30.0 Å². The van der Waals surface area contributed by atoms with E-state index < -0.39 is 0 Å². The molecule has 1 N–H and O–H groups in total. The van der Waals surface area contributed by atoms with Crippen LogP contribution in [0.15, 0.2) is 75.4 Å². The number of halogens is 1. The second-order valence-corrected chi connectivity index (χ2v) is 8.61. The second-order valence-electron chi connectivity index (χ2n) is 7.28. The molecule has 0 unspecified atom stereocenters. The van der Waals surface area contributed by atoms with Gasteiger partial charge < -0.3 is 13.9 Å². The van der Waals surface area contributed by atoms with E-state index in [2.05, 4.69) is 15.5 Å². The number of hydrogen-bond donors (Lipinski definition) is 1. The molecule has 0 aliphatic rings. The van der Waals surface area contributed by atoms with Crippen molar-refractivity contribution in [2.24, 2.45) is 5.10 Å². The van der Waals surface area contributed by atoms with Crippen molar-refractivity contribution in [2.45, 2.75) is 18.8 Å². The van der Waals surface area contributed by atoms with Crippen LogP contribution in [0.4, 0.5) is 0 Å². The van der Waals surface area contributed by atoms with Gasteiger partial charge in [-0.2, -0.15) is 5.10 Å². The average molecular weight is 496 g/mol. The smallest absolute Gasteiger partial charge is 0.257 e. The number of para-hydroxylation sites is 2. The van der Waals surface area contributed by atoms with Crippen LogP contribution < -0.4 is 14.9 Å². The number of aromatic nitrogens is 1. The summed E-state index contributed by atoms with van der Waals surface area (Å²) < 4.78 is 17.0. The Morgan fingerprint density at radius 2 is 2.00 bits per heavy atom. The molecule has 3 aromatic carbocycles. The Morgan fingerprint density at radius 1 is 1.21 bits per heavy atom. The molecule has 0 radical (unpaired) electrons. The van der Waals surface area contributed by atoms with Gasteiger partial charge in [0, 0.05) is 0 Å². The van der Waals surface area contributed by atoms with Gasteiger partial charge in [0.25, 0.3) is 11.1 Å². The Bertz CT molecular complexity index is 1310. The van der Waals surface area contributed by atoms with E-state index in [1.165, 1.54) is 25.1 Å². The van der Waals surface area contributed by atoms with E-state index in [0.29, 0.717) is 39.5 Å². The lowest BCUT2D eigenvalue weighted by Gasteiger charge is -2.14. The topological polar surface area (TPSA) is 86.0 Å².